The van der Waals surface area contributed by atoms with E-state index in [0.717, 1.165) is 28.8 Å². The van der Waals surface area contributed by atoms with Crippen molar-refractivity contribution in [2.24, 2.45) is 0 Å². The highest BCUT2D eigenvalue weighted by Crippen LogP contribution is 2.35. The topological polar surface area (TPSA) is 99.2 Å². The van der Waals surface area contributed by atoms with Gasteiger partial charge in [-0.1, -0.05) is 72.8 Å². The van der Waals surface area contributed by atoms with Gasteiger partial charge in [-0.3, -0.25) is 4.79 Å². The zero-order valence-electron chi connectivity index (χ0n) is 27.2. The summed E-state index contributed by atoms with van der Waals surface area (Å²) in [7, 11) is 0. The Morgan fingerprint density at radius 3 is 2.14 bits per heavy atom. The number of carboxylic acid groups (broad SMARTS) is 1. The van der Waals surface area contributed by atoms with E-state index in [2.05, 4.69) is 5.32 Å². The van der Waals surface area contributed by atoms with Crippen LogP contribution in [0.1, 0.15) is 47.7 Å². The minimum Gasteiger partial charge on any atom is -0.489 e. The third-order valence-electron chi connectivity index (χ3n) is 8.68. The number of ether oxygens (including phenoxy) is 1. The lowest BCUT2D eigenvalue weighted by Gasteiger charge is -2.39. The molecule has 11 heteroatoms. The summed E-state index contributed by atoms with van der Waals surface area (Å²) in [6.07, 6.45) is -3.97. The number of rotatable bonds is 11. The van der Waals surface area contributed by atoms with Crippen LogP contribution in [0.3, 0.4) is 0 Å². The fourth-order valence-corrected chi connectivity index (χ4v) is 5.95. The number of carbonyl (C=O) groups excluding carboxylic acids is 2. The number of alkyl halides is 3. The van der Waals surface area contributed by atoms with Crippen LogP contribution in [0, 0.1) is 0 Å². The number of carbonyl (C=O) groups is 3. The molecule has 0 fully saturated rings. The van der Waals surface area contributed by atoms with Crippen LogP contribution < -0.4 is 10.1 Å². The fraction of sp³-hybridized carbons (Fsp3) is 0.289. The van der Waals surface area contributed by atoms with Crippen molar-refractivity contribution >= 4 is 17.9 Å². The highest BCUT2D eigenvalue weighted by atomic mass is 19.4. The summed E-state index contributed by atoms with van der Waals surface area (Å²) in [6.45, 7) is 4.72. The SMILES string of the molecule is CCN(CC)C(=O)N1CCc2ccc(OCc3ccc(C(F)(F)F)cc3)cc2C1C(=O)N[C@@H](Cc1ccc(-c2ccccc2)cc1)C(=O)O. The van der Waals surface area contributed by atoms with Gasteiger partial charge in [0.2, 0.25) is 5.91 Å². The van der Waals surface area contributed by atoms with Gasteiger partial charge in [-0.2, -0.15) is 13.2 Å². The van der Waals surface area contributed by atoms with E-state index in [9.17, 15) is 32.7 Å². The average Bonchev–Trinajstić information content (AvgIpc) is 3.10. The first-order valence-corrected chi connectivity index (χ1v) is 16.1. The number of aliphatic carboxylic acids is 1. The highest BCUT2D eigenvalue weighted by Gasteiger charge is 2.39. The zero-order chi connectivity index (χ0) is 35.1. The van der Waals surface area contributed by atoms with E-state index in [-0.39, 0.29) is 25.6 Å². The molecule has 0 spiro atoms. The second-order valence-electron chi connectivity index (χ2n) is 11.8. The molecule has 1 aliphatic rings. The van der Waals surface area contributed by atoms with E-state index in [1.165, 1.54) is 17.0 Å². The summed E-state index contributed by atoms with van der Waals surface area (Å²) >= 11 is 0. The van der Waals surface area contributed by atoms with Crippen molar-refractivity contribution < 1.29 is 37.4 Å². The molecular weight excluding hydrogens is 635 g/mol. The number of nitrogens with one attached hydrogen (secondary N) is 1. The van der Waals surface area contributed by atoms with Gasteiger partial charge in [0.25, 0.3) is 0 Å². The van der Waals surface area contributed by atoms with Gasteiger partial charge in [0.15, 0.2) is 0 Å². The quantitative estimate of drug-likeness (QED) is 0.177. The van der Waals surface area contributed by atoms with Crippen molar-refractivity contribution in [2.45, 2.75) is 51.6 Å². The summed E-state index contributed by atoms with van der Waals surface area (Å²) in [6, 6.07) is 24.2. The van der Waals surface area contributed by atoms with Crippen LogP contribution in [-0.4, -0.2) is 58.5 Å². The standard InChI is InChI=1S/C38H38F3N3O5/c1-3-43(4-2)37(48)44-21-20-29-16-19-31(49-24-26-12-17-30(18-13-26)38(39,40)41)23-32(29)34(44)35(45)42-33(36(46)47)22-25-10-14-28(15-11-25)27-8-6-5-7-9-27/h5-19,23,33-34H,3-4,20-22,24H2,1-2H3,(H,42,45)(H,46,47)/t33-,34?/m0/s1. The van der Waals surface area contributed by atoms with Crippen LogP contribution in [0.15, 0.2) is 97.1 Å². The molecular formula is C38H38F3N3O5. The normalized spacial score (nSPS) is 14.8. The minimum absolute atomic E-state index is 0.0238. The molecule has 3 amide bonds. The Kier molecular flexibility index (Phi) is 10.9. The Balaban J connectivity index is 1.39. The number of urea groups is 1. The Labute approximate surface area is 283 Å². The maximum atomic E-state index is 14.1. The molecule has 2 N–H and O–H groups in total. The lowest BCUT2D eigenvalue weighted by molar-refractivity contribution is -0.142. The summed E-state index contributed by atoms with van der Waals surface area (Å²) in [5.41, 5.74) is 3.75. The van der Waals surface area contributed by atoms with Crippen molar-refractivity contribution in [2.75, 3.05) is 19.6 Å². The molecule has 1 heterocycles. The van der Waals surface area contributed by atoms with Gasteiger partial charge in [-0.05, 0) is 77.9 Å². The van der Waals surface area contributed by atoms with E-state index in [1.54, 1.807) is 23.1 Å². The number of carboxylic acids is 1. The van der Waals surface area contributed by atoms with Gasteiger partial charge in [-0.15, -0.1) is 0 Å². The second kappa shape index (κ2) is 15.3. The zero-order valence-corrected chi connectivity index (χ0v) is 27.2. The first kappa shape index (κ1) is 35.0. The summed E-state index contributed by atoms with van der Waals surface area (Å²) in [5.74, 6) is -1.51. The molecule has 8 nitrogen and oxygen atoms in total. The third-order valence-corrected chi connectivity index (χ3v) is 8.68. The molecule has 0 aromatic heterocycles. The van der Waals surface area contributed by atoms with E-state index in [4.69, 9.17) is 4.74 Å². The van der Waals surface area contributed by atoms with Crippen LogP contribution in [-0.2, 0) is 35.2 Å². The predicted octanol–water partition coefficient (Wildman–Crippen LogP) is 7.12. The van der Waals surface area contributed by atoms with Gasteiger partial charge in [-0.25, -0.2) is 9.59 Å². The average molecular weight is 674 g/mol. The van der Waals surface area contributed by atoms with E-state index in [0.29, 0.717) is 42.0 Å². The minimum atomic E-state index is -4.45. The summed E-state index contributed by atoms with van der Waals surface area (Å²) < 4.78 is 44.9. The Morgan fingerprint density at radius 1 is 0.898 bits per heavy atom. The smallest absolute Gasteiger partial charge is 0.416 e. The van der Waals surface area contributed by atoms with Gasteiger partial charge in [0, 0.05) is 26.1 Å². The molecule has 1 unspecified atom stereocenters. The molecule has 1 aliphatic heterocycles. The number of fused-ring (bicyclic) bond motifs is 1. The number of nitrogens with zero attached hydrogens (tertiary/aromatic N) is 2. The second-order valence-corrected chi connectivity index (χ2v) is 11.8. The van der Waals surface area contributed by atoms with Crippen molar-refractivity contribution in [3.05, 3.63) is 125 Å². The van der Waals surface area contributed by atoms with Gasteiger partial charge in [0.05, 0.1) is 5.56 Å². The first-order valence-electron chi connectivity index (χ1n) is 16.1. The monoisotopic (exact) mass is 673 g/mol. The van der Waals surface area contributed by atoms with Gasteiger partial charge < -0.3 is 25.0 Å². The lowest BCUT2D eigenvalue weighted by atomic mass is 9.91. The maximum absolute atomic E-state index is 14.1. The third kappa shape index (κ3) is 8.40. The van der Waals surface area contributed by atoms with Crippen molar-refractivity contribution in [3.8, 4) is 16.9 Å². The first-order chi connectivity index (χ1) is 23.5. The number of hydrogen-bond acceptors (Lipinski definition) is 4. The molecule has 0 saturated heterocycles. The van der Waals surface area contributed by atoms with Gasteiger partial charge >= 0.3 is 18.2 Å². The van der Waals surface area contributed by atoms with Crippen LogP contribution in [0.4, 0.5) is 18.0 Å². The summed E-state index contributed by atoms with van der Waals surface area (Å²) in [4.78, 5) is 43.3. The van der Waals surface area contributed by atoms with E-state index < -0.39 is 35.7 Å². The Morgan fingerprint density at radius 2 is 1.53 bits per heavy atom. The van der Waals surface area contributed by atoms with Crippen molar-refractivity contribution in [1.29, 1.82) is 0 Å². The summed E-state index contributed by atoms with van der Waals surface area (Å²) in [5, 5.41) is 12.8. The largest absolute Gasteiger partial charge is 0.489 e. The molecule has 2 atom stereocenters. The van der Waals surface area contributed by atoms with Crippen LogP contribution >= 0.6 is 0 Å². The van der Waals surface area contributed by atoms with Crippen molar-refractivity contribution in [1.82, 2.24) is 15.1 Å². The molecule has 49 heavy (non-hydrogen) atoms. The number of halogens is 3. The van der Waals surface area contributed by atoms with Crippen LogP contribution in [0.2, 0.25) is 0 Å². The molecule has 4 aromatic carbocycles. The fourth-order valence-electron chi connectivity index (χ4n) is 5.95. The molecule has 256 valence electrons. The Hall–Kier alpha value is -5.32. The molecule has 0 aliphatic carbocycles. The number of amides is 3. The number of benzene rings is 4. The lowest BCUT2D eigenvalue weighted by Crippen LogP contribution is -2.54. The van der Waals surface area contributed by atoms with Crippen molar-refractivity contribution in [3.63, 3.8) is 0 Å². The van der Waals surface area contributed by atoms with E-state index >= 15 is 0 Å². The van der Waals surface area contributed by atoms with E-state index in [1.807, 2.05) is 68.4 Å². The van der Waals surface area contributed by atoms with Crippen LogP contribution in [0.5, 0.6) is 5.75 Å². The molecule has 4 aromatic rings. The molecule has 5 rings (SSSR count). The predicted molar refractivity (Wildman–Crippen MR) is 179 cm³/mol. The maximum Gasteiger partial charge on any atom is 0.416 e. The van der Waals surface area contributed by atoms with Gasteiger partial charge in [0.1, 0.15) is 24.4 Å². The Bertz CT molecular complexity index is 1760. The molecule has 0 saturated carbocycles. The molecule has 0 bridgehead atoms. The molecule has 0 radical (unpaired) electrons. The van der Waals surface area contributed by atoms with Crippen LogP contribution in [0.25, 0.3) is 11.1 Å². The highest BCUT2D eigenvalue weighted by molar-refractivity contribution is 5.92. The number of hydrogen-bond donors (Lipinski definition) is 2.